The molecule has 0 aliphatic heterocycles. The number of amides is 1. The number of carbonyl (C=O) groups is 1. The quantitative estimate of drug-likeness (QED) is 0.555. The molecule has 0 aliphatic carbocycles. The maximum absolute atomic E-state index is 13.7. The standard InChI is InChI=1S/C21H27FN4O/c1-3-23-21(25-15-18-11-7-8-12-19(18)22)24-14-13-20(27)26(2)16-17-9-5-4-6-10-17/h4-12H,3,13-16H2,1-2H3,(H2,23,24,25). The number of benzene rings is 2. The lowest BCUT2D eigenvalue weighted by Crippen LogP contribution is -2.39. The van der Waals surface area contributed by atoms with E-state index in [0.29, 0.717) is 37.6 Å². The summed E-state index contributed by atoms with van der Waals surface area (Å²) in [6.07, 6.45) is 0.355. The number of carbonyl (C=O) groups excluding carboxylic acids is 1. The topological polar surface area (TPSA) is 56.7 Å². The number of aliphatic imine (C=N–C) groups is 1. The second kappa shape index (κ2) is 11.0. The first-order valence-corrected chi connectivity index (χ1v) is 9.13. The van der Waals surface area contributed by atoms with E-state index in [2.05, 4.69) is 15.6 Å². The Labute approximate surface area is 160 Å². The molecule has 144 valence electrons. The van der Waals surface area contributed by atoms with E-state index < -0.39 is 0 Å². The van der Waals surface area contributed by atoms with Crippen molar-refractivity contribution in [2.24, 2.45) is 4.99 Å². The van der Waals surface area contributed by atoms with Crippen LogP contribution in [0.15, 0.2) is 59.6 Å². The molecule has 0 unspecified atom stereocenters. The first kappa shape index (κ1) is 20.4. The van der Waals surface area contributed by atoms with Crippen LogP contribution in [0.5, 0.6) is 0 Å². The highest BCUT2D eigenvalue weighted by molar-refractivity contribution is 5.81. The van der Waals surface area contributed by atoms with Crippen molar-refractivity contribution < 1.29 is 9.18 Å². The predicted octanol–water partition coefficient (Wildman–Crippen LogP) is 2.93. The fourth-order valence-electron chi connectivity index (χ4n) is 2.56. The summed E-state index contributed by atoms with van der Waals surface area (Å²) in [6, 6.07) is 16.5. The summed E-state index contributed by atoms with van der Waals surface area (Å²) in [5.74, 6) is 0.352. The van der Waals surface area contributed by atoms with E-state index >= 15 is 0 Å². The molecule has 0 saturated carbocycles. The lowest BCUT2D eigenvalue weighted by atomic mass is 10.2. The zero-order valence-electron chi connectivity index (χ0n) is 15.9. The first-order valence-electron chi connectivity index (χ1n) is 9.13. The molecule has 0 spiro atoms. The van der Waals surface area contributed by atoms with E-state index in [0.717, 1.165) is 5.56 Å². The molecule has 2 N–H and O–H groups in total. The third-order valence-corrected chi connectivity index (χ3v) is 4.03. The van der Waals surface area contributed by atoms with Gasteiger partial charge in [0.2, 0.25) is 5.91 Å². The molecule has 0 heterocycles. The molecule has 27 heavy (non-hydrogen) atoms. The fraction of sp³-hybridized carbons (Fsp3) is 0.333. The Morgan fingerprint density at radius 3 is 2.48 bits per heavy atom. The zero-order valence-corrected chi connectivity index (χ0v) is 15.9. The summed E-state index contributed by atoms with van der Waals surface area (Å²) >= 11 is 0. The van der Waals surface area contributed by atoms with Crippen molar-refractivity contribution in [1.82, 2.24) is 15.5 Å². The van der Waals surface area contributed by atoms with Gasteiger partial charge in [-0.1, -0.05) is 48.5 Å². The molecule has 0 fully saturated rings. The van der Waals surface area contributed by atoms with Gasteiger partial charge < -0.3 is 15.5 Å². The molecule has 0 saturated heterocycles. The van der Waals surface area contributed by atoms with Gasteiger partial charge in [-0.2, -0.15) is 0 Å². The number of halogens is 1. The number of rotatable bonds is 8. The highest BCUT2D eigenvalue weighted by Gasteiger charge is 2.09. The van der Waals surface area contributed by atoms with Gasteiger partial charge in [0.05, 0.1) is 6.54 Å². The summed E-state index contributed by atoms with van der Waals surface area (Å²) in [5, 5.41) is 6.24. The Morgan fingerprint density at radius 1 is 1.07 bits per heavy atom. The number of nitrogens with zero attached hydrogens (tertiary/aromatic N) is 2. The van der Waals surface area contributed by atoms with Gasteiger partial charge in [-0.3, -0.25) is 4.79 Å². The second-order valence-corrected chi connectivity index (χ2v) is 6.20. The molecular weight excluding hydrogens is 343 g/mol. The van der Waals surface area contributed by atoms with Gasteiger partial charge >= 0.3 is 0 Å². The van der Waals surface area contributed by atoms with E-state index in [1.165, 1.54) is 6.07 Å². The summed E-state index contributed by atoms with van der Waals surface area (Å²) in [5.41, 5.74) is 1.63. The number of hydrogen-bond donors (Lipinski definition) is 2. The molecule has 0 aromatic heterocycles. The summed E-state index contributed by atoms with van der Waals surface area (Å²) < 4.78 is 13.7. The molecule has 2 rings (SSSR count). The van der Waals surface area contributed by atoms with Gasteiger partial charge in [0, 0.05) is 38.7 Å². The van der Waals surface area contributed by atoms with Crippen LogP contribution in [0.4, 0.5) is 4.39 Å². The molecule has 2 aromatic rings. The van der Waals surface area contributed by atoms with Crippen LogP contribution in [0.25, 0.3) is 0 Å². The van der Waals surface area contributed by atoms with Crippen molar-refractivity contribution in [3.63, 3.8) is 0 Å². The molecule has 1 amide bonds. The van der Waals surface area contributed by atoms with Crippen molar-refractivity contribution in [1.29, 1.82) is 0 Å². The Kier molecular flexibility index (Phi) is 8.29. The maximum Gasteiger partial charge on any atom is 0.224 e. The van der Waals surface area contributed by atoms with Crippen LogP contribution < -0.4 is 10.6 Å². The highest BCUT2D eigenvalue weighted by Crippen LogP contribution is 2.07. The highest BCUT2D eigenvalue weighted by atomic mass is 19.1. The van der Waals surface area contributed by atoms with Gasteiger partial charge in [0.25, 0.3) is 0 Å². The monoisotopic (exact) mass is 370 g/mol. The Morgan fingerprint density at radius 2 is 1.78 bits per heavy atom. The third kappa shape index (κ3) is 7.09. The van der Waals surface area contributed by atoms with Crippen molar-refractivity contribution in [3.05, 3.63) is 71.5 Å². The Balaban J connectivity index is 1.81. The van der Waals surface area contributed by atoms with Crippen LogP contribution in [-0.4, -0.2) is 36.9 Å². The van der Waals surface area contributed by atoms with Crippen molar-refractivity contribution in [3.8, 4) is 0 Å². The van der Waals surface area contributed by atoms with Crippen LogP contribution in [-0.2, 0) is 17.9 Å². The lowest BCUT2D eigenvalue weighted by Gasteiger charge is -2.18. The average Bonchev–Trinajstić information content (AvgIpc) is 2.67. The summed E-state index contributed by atoms with van der Waals surface area (Å²) in [4.78, 5) is 18.4. The smallest absolute Gasteiger partial charge is 0.224 e. The van der Waals surface area contributed by atoms with Crippen molar-refractivity contribution in [2.75, 3.05) is 20.1 Å². The van der Waals surface area contributed by atoms with Crippen LogP contribution in [0.1, 0.15) is 24.5 Å². The number of hydrogen-bond acceptors (Lipinski definition) is 2. The summed E-state index contributed by atoms with van der Waals surface area (Å²) in [6.45, 7) is 3.93. The molecule has 0 radical (unpaired) electrons. The molecule has 6 heteroatoms. The molecule has 0 bridgehead atoms. The van der Waals surface area contributed by atoms with Gasteiger partial charge in [-0.05, 0) is 18.6 Å². The van der Waals surface area contributed by atoms with E-state index in [-0.39, 0.29) is 18.3 Å². The van der Waals surface area contributed by atoms with Crippen LogP contribution in [0, 0.1) is 5.82 Å². The van der Waals surface area contributed by atoms with Crippen molar-refractivity contribution >= 4 is 11.9 Å². The van der Waals surface area contributed by atoms with E-state index in [1.54, 1.807) is 30.1 Å². The van der Waals surface area contributed by atoms with E-state index in [9.17, 15) is 9.18 Å². The minimum absolute atomic E-state index is 0.0521. The van der Waals surface area contributed by atoms with Gasteiger partial charge in [0.1, 0.15) is 5.82 Å². The molecular formula is C21H27FN4O. The molecule has 0 aliphatic rings. The third-order valence-electron chi connectivity index (χ3n) is 4.03. The second-order valence-electron chi connectivity index (χ2n) is 6.20. The maximum atomic E-state index is 13.7. The lowest BCUT2D eigenvalue weighted by molar-refractivity contribution is -0.130. The zero-order chi connectivity index (χ0) is 19.5. The largest absolute Gasteiger partial charge is 0.357 e. The van der Waals surface area contributed by atoms with Gasteiger partial charge in [0.15, 0.2) is 5.96 Å². The normalized spacial score (nSPS) is 11.1. The fourth-order valence-corrected chi connectivity index (χ4v) is 2.56. The Hall–Kier alpha value is -2.89. The molecule has 0 atom stereocenters. The van der Waals surface area contributed by atoms with Crippen LogP contribution >= 0.6 is 0 Å². The van der Waals surface area contributed by atoms with E-state index in [1.807, 2.05) is 37.3 Å². The Bertz CT molecular complexity index is 749. The first-order chi connectivity index (χ1) is 13.1. The van der Waals surface area contributed by atoms with Crippen LogP contribution in [0.2, 0.25) is 0 Å². The minimum atomic E-state index is -0.269. The summed E-state index contributed by atoms with van der Waals surface area (Å²) in [7, 11) is 1.80. The SMILES string of the molecule is CCNC(=NCc1ccccc1F)NCCC(=O)N(C)Cc1ccccc1. The number of guanidine groups is 1. The van der Waals surface area contributed by atoms with E-state index in [4.69, 9.17) is 0 Å². The van der Waals surface area contributed by atoms with Gasteiger partial charge in [-0.15, -0.1) is 0 Å². The molecule has 2 aromatic carbocycles. The minimum Gasteiger partial charge on any atom is -0.357 e. The predicted molar refractivity (Wildman–Crippen MR) is 107 cm³/mol. The van der Waals surface area contributed by atoms with Crippen molar-refractivity contribution in [2.45, 2.75) is 26.4 Å². The van der Waals surface area contributed by atoms with Crippen LogP contribution in [0.3, 0.4) is 0 Å². The van der Waals surface area contributed by atoms with Gasteiger partial charge in [-0.25, -0.2) is 9.38 Å². The number of nitrogens with one attached hydrogen (secondary N) is 2. The average molecular weight is 370 g/mol. The molecule has 5 nitrogen and oxygen atoms in total.